The lowest BCUT2D eigenvalue weighted by molar-refractivity contribution is 0.597. The first kappa shape index (κ1) is 26.4. The second kappa shape index (κ2) is 10.3. The summed E-state index contributed by atoms with van der Waals surface area (Å²) in [7, 11) is -4.46. The maximum atomic E-state index is 14.8. The molecule has 0 saturated heterocycles. The van der Waals surface area contributed by atoms with Gasteiger partial charge in [0.05, 0.1) is 44.8 Å². The maximum absolute atomic E-state index is 14.8. The minimum atomic E-state index is -2.23. The molecular formula is C32H18N10O2P2+2. The van der Waals surface area contributed by atoms with E-state index in [1.54, 1.807) is 24.8 Å². The first-order valence-corrected chi connectivity index (χ1v) is 16.5. The molecule has 0 amide bonds. The largest absolute Gasteiger partial charge is 0.419 e. The zero-order valence-corrected chi connectivity index (χ0v) is 25.3. The lowest BCUT2D eigenvalue weighted by atomic mass is 10.2. The zero-order chi connectivity index (χ0) is 30.8. The summed E-state index contributed by atoms with van der Waals surface area (Å²) in [4.78, 5) is 34.5. The first-order valence-electron chi connectivity index (χ1n) is 14.0. The van der Waals surface area contributed by atoms with Crippen molar-refractivity contribution in [2.24, 2.45) is 0 Å². The van der Waals surface area contributed by atoms with Gasteiger partial charge in [0.1, 0.15) is 25.3 Å². The van der Waals surface area contributed by atoms with Gasteiger partial charge in [-0.05, 0) is 24.3 Å². The molecule has 0 bridgehead atoms. The Morgan fingerprint density at radius 3 is 0.913 bits per heavy atom. The van der Waals surface area contributed by atoms with Gasteiger partial charge in [0.15, 0.2) is 0 Å². The number of benzene rings is 4. The van der Waals surface area contributed by atoms with Gasteiger partial charge in [-0.25, -0.2) is 39.9 Å². The van der Waals surface area contributed by atoms with Crippen LogP contribution in [-0.4, -0.2) is 39.9 Å². The highest BCUT2D eigenvalue weighted by Crippen LogP contribution is 2.38. The summed E-state index contributed by atoms with van der Waals surface area (Å²) in [5, 5.41) is 12.0. The first-order chi connectivity index (χ1) is 22.6. The van der Waals surface area contributed by atoms with Crippen LogP contribution in [0.25, 0.3) is 43.6 Å². The number of hydrogen-bond donors (Lipinski definition) is 2. The molecule has 0 spiro atoms. The Morgan fingerprint density at radius 1 is 0.391 bits per heavy atom. The molecule has 0 atom stereocenters. The Hall–Kier alpha value is -5.96. The molecule has 0 unspecified atom stereocenters. The molecule has 8 aromatic rings. The molecule has 0 aliphatic carbocycles. The van der Waals surface area contributed by atoms with Crippen LogP contribution in [0.4, 0.5) is 22.7 Å². The van der Waals surface area contributed by atoms with Crippen molar-refractivity contribution in [2.75, 3.05) is 10.6 Å². The molecule has 0 radical (unpaired) electrons. The van der Waals surface area contributed by atoms with E-state index in [0.717, 1.165) is 21.5 Å². The minimum absolute atomic E-state index is 0.521. The molecule has 2 N–H and O–H groups in total. The molecule has 4 aromatic carbocycles. The number of rotatable bonds is 0. The smallest absolute Gasteiger partial charge is 0.348 e. The number of anilines is 4. The lowest BCUT2D eigenvalue weighted by Crippen LogP contribution is -2.20. The average molecular weight is 637 g/mol. The van der Waals surface area contributed by atoms with Gasteiger partial charge in [-0.15, -0.1) is 0 Å². The predicted molar refractivity (Wildman–Crippen MR) is 178 cm³/mol. The third-order valence-electron chi connectivity index (χ3n) is 7.90. The van der Waals surface area contributed by atoms with Crippen molar-refractivity contribution in [1.82, 2.24) is 39.9 Å². The van der Waals surface area contributed by atoms with Crippen LogP contribution in [0, 0.1) is 0 Å². The maximum Gasteiger partial charge on any atom is 0.419 e. The van der Waals surface area contributed by atoms with Crippen LogP contribution in [0.15, 0.2) is 98.6 Å². The topological polar surface area (TPSA) is 161 Å². The van der Waals surface area contributed by atoms with Gasteiger partial charge in [0, 0.05) is 70.6 Å². The highest BCUT2D eigenvalue weighted by atomic mass is 31.1. The molecule has 14 heteroatoms. The van der Waals surface area contributed by atoms with Crippen LogP contribution in [0.3, 0.4) is 0 Å². The molecule has 1 aliphatic rings. The van der Waals surface area contributed by atoms with Gasteiger partial charge in [0.2, 0.25) is 21.2 Å². The van der Waals surface area contributed by atoms with E-state index in [-0.39, 0.29) is 0 Å². The van der Waals surface area contributed by atoms with E-state index in [2.05, 4.69) is 50.5 Å². The third-order valence-corrected chi connectivity index (χ3v) is 11.1. The van der Waals surface area contributed by atoms with Crippen LogP contribution in [0.5, 0.6) is 0 Å². The fraction of sp³-hybridized carbons (Fsp3) is 0. The molecule has 0 saturated carbocycles. The quantitative estimate of drug-likeness (QED) is 0.219. The van der Waals surface area contributed by atoms with E-state index >= 15 is 0 Å². The van der Waals surface area contributed by atoms with Gasteiger partial charge in [0.25, 0.3) is 0 Å². The van der Waals surface area contributed by atoms with E-state index in [1.165, 1.54) is 25.3 Å². The summed E-state index contributed by atoms with van der Waals surface area (Å²) in [6.07, 6.45) is 12.6. The Kier molecular flexibility index (Phi) is 5.92. The summed E-state index contributed by atoms with van der Waals surface area (Å²) in [6, 6.07) is 14.7. The van der Waals surface area contributed by atoms with Crippen LogP contribution >= 0.6 is 15.6 Å². The number of nitrogens with zero attached hydrogens (tertiary/aromatic N) is 8. The summed E-state index contributed by atoms with van der Waals surface area (Å²) in [5.74, 6) is 0. The normalized spacial score (nSPS) is 14.3. The van der Waals surface area contributed by atoms with E-state index in [4.69, 9.17) is 0 Å². The van der Waals surface area contributed by atoms with Gasteiger partial charge in [-0.3, -0.25) is 0 Å². The van der Waals surface area contributed by atoms with Crippen molar-refractivity contribution in [3.05, 3.63) is 98.6 Å². The Labute approximate surface area is 261 Å². The van der Waals surface area contributed by atoms with Crippen molar-refractivity contribution < 1.29 is 9.13 Å². The molecule has 5 heterocycles. The average Bonchev–Trinajstić information content (AvgIpc) is 3.09. The minimum Gasteiger partial charge on any atom is -0.348 e. The standard InChI is InChI=1S/C32H18N10O2P2/c43-45-29-1-17-9-33-13-37-21(17)5-25(29)41-27-7-23-19(11-35-15-39-23)3-31(27)46(44)32-4-20-12-36-16-40-24(20)8-28(32)42-26-6-22-18(2-30(26)45)10-34-14-38-22/h1-16,41-42H/q+2. The Bertz CT molecular complexity index is 2260. The predicted octanol–water partition coefficient (Wildman–Crippen LogP) is 4.82. The fourth-order valence-corrected chi connectivity index (χ4v) is 8.59. The molecule has 1 aliphatic heterocycles. The van der Waals surface area contributed by atoms with Crippen LogP contribution in [0.1, 0.15) is 0 Å². The number of hydrogen-bond acceptors (Lipinski definition) is 12. The van der Waals surface area contributed by atoms with Gasteiger partial charge in [-0.2, -0.15) is 0 Å². The van der Waals surface area contributed by atoms with E-state index in [1.807, 2.05) is 48.5 Å². The molecule has 0 fully saturated rings. The molecule has 4 aromatic heterocycles. The molecule has 216 valence electrons. The van der Waals surface area contributed by atoms with Crippen molar-refractivity contribution in [1.29, 1.82) is 0 Å². The highest BCUT2D eigenvalue weighted by Gasteiger charge is 2.37. The second-order valence-corrected chi connectivity index (χ2v) is 13.7. The summed E-state index contributed by atoms with van der Waals surface area (Å²) >= 11 is 0. The summed E-state index contributed by atoms with van der Waals surface area (Å²) < 4.78 is 29.7. The van der Waals surface area contributed by atoms with Crippen molar-refractivity contribution in [3.63, 3.8) is 0 Å². The van der Waals surface area contributed by atoms with Gasteiger partial charge in [-0.1, -0.05) is 9.13 Å². The van der Waals surface area contributed by atoms with Gasteiger partial charge >= 0.3 is 15.6 Å². The lowest BCUT2D eigenvalue weighted by Gasteiger charge is -2.14. The summed E-state index contributed by atoms with van der Waals surface area (Å²) in [6.45, 7) is 0. The Balaban J connectivity index is 1.39. The van der Waals surface area contributed by atoms with Crippen molar-refractivity contribution >= 4 is 103 Å². The molecular weight excluding hydrogens is 618 g/mol. The third kappa shape index (κ3) is 4.31. The molecule has 12 nitrogen and oxygen atoms in total. The summed E-state index contributed by atoms with van der Waals surface area (Å²) in [5.41, 5.74) is 4.84. The second-order valence-electron chi connectivity index (χ2n) is 10.6. The van der Waals surface area contributed by atoms with Crippen LogP contribution in [0.2, 0.25) is 0 Å². The Morgan fingerprint density at radius 2 is 0.652 bits per heavy atom. The zero-order valence-electron chi connectivity index (χ0n) is 23.5. The highest BCUT2D eigenvalue weighted by molar-refractivity contribution is 7.63. The van der Waals surface area contributed by atoms with Crippen molar-refractivity contribution in [3.8, 4) is 0 Å². The van der Waals surface area contributed by atoms with E-state index in [9.17, 15) is 9.13 Å². The van der Waals surface area contributed by atoms with Crippen LogP contribution < -0.4 is 31.9 Å². The fourth-order valence-electron chi connectivity index (χ4n) is 5.69. The number of nitrogens with one attached hydrogen (secondary N) is 2. The van der Waals surface area contributed by atoms with Crippen molar-refractivity contribution in [2.45, 2.75) is 0 Å². The molecule has 46 heavy (non-hydrogen) atoms. The van der Waals surface area contributed by atoms with Crippen LogP contribution in [-0.2, 0) is 9.13 Å². The molecule has 9 rings (SSSR count). The SMILES string of the molecule is O=[P+]1c2cc3cncnc3cc2Nc2cc3ncncc3cc2[P+](=O)c2cc3cncnc3cc2Nc2cc3ncncc3cc21. The number of aromatic nitrogens is 8. The number of fused-ring (bicyclic) bond motifs is 8. The van der Waals surface area contributed by atoms with Gasteiger partial charge < -0.3 is 10.6 Å². The van der Waals surface area contributed by atoms with E-state index in [0.29, 0.717) is 66.0 Å². The monoisotopic (exact) mass is 636 g/mol. The van der Waals surface area contributed by atoms with E-state index < -0.39 is 15.6 Å².